The highest BCUT2D eigenvalue weighted by atomic mass is 32.2. The Bertz CT molecular complexity index is 756. The van der Waals surface area contributed by atoms with Gasteiger partial charge in [0.1, 0.15) is 17.4 Å². The predicted octanol–water partition coefficient (Wildman–Crippen LogP) is 3.40. The second-order valence-electron chi connectivity index (χ2n) is 4.91. The van der Waals surface area contributed by atoms with Gasteiger partial charge in [0.25, 0.3) is 0 Å². The molecule has 2 aromatic carbocycles. The van der Waals surface area contributed by atoms with Gasteiger partial charge in [0.15, 0.2) is 4.90 Å². The number of halogens is 2. The van der Waals surface area contributed by atoms with Gasteiger partial charge in [-0.2, -0.15) is 0 Å². The fraction of sp³-hybridized carbons (Fsp3) is 0.250. The van der Waals surface area contributed by atoms with Gasteiger partial charge in [-0.15, -0.1) is 0 Å². The summed E-state index contributed by atoms with van der Waals surface area (Å²) in [5.41, 5.74) is 0.675. The largest absolute Gasteiger partial charge is 0.497 e. The molecular formula is C16H17F2NO3S. The predicted molar refractivity (Wildman–Crippen MR) is 82.7 cm³/mol. The molecule has 0 fully saturated rings. The number of hydrogen-bond acceptors (Lipinski definition) is 3. The van der Waals surface area contributed by atoms with E-state index in [-0.39, 0.29) is 0 Å². The monoisotopic (exact) mass is 341 g/mol. The van der Waals surface area contributed by atoms with Crippen LogP contribution in [0.5, 0.6) is 5.75 Å². The zero-order valence-corrected chi connectivity index (χ0v) is 13.5. The van der Waals surface area contributed by atoms with Crippen LogP contribution in [-0.4, -0.2) is 15.5 Å². The maximum absolute atomic E-state index is 13.7. The zero-order chi connectivity index (χ0) is 17.0. The topological polar surface area (TPSA) is 55.4 Å². The summed E-state index contributed by atoms with van der Waals surface area (Å²) in [6.45, 7) is 1.77. The Morgan fingerprint density at radius 1 is 1.09 bits per heavy atom. The van der Waals surface area contributed by atoms with E-state index in [1.807, 2.05) is 0 Å². The summed E-state index contributed by atoms with van der Waals surface area (Å²) in [5, 5.41) is 0. The van der Waals surface area contributed by atoms with Crippen molar-refractivity contribution in [1.82, 2.24) is 4.72 Å². The number of sulfonamides is 1. The van der Waals surface area contributed by atoms with Crippen molar-refractivity contribution in [2.45, 2.75) is 24.3 Å². The van der Waals surface area contributed by atoms with Crippen molar-refractivity contribution in [3.63, 3.8) is 0 Å². The van der Waals surface area contributed by atoms with Gasteiger partial charge in [-0.3, -0.25) is 0 Å². The maximum atomic E-state index is 13.7. The van der Waals surface area contributed by atoms with Gasteiger partial charge in [0.05, 0.1) is 7.11 Å². The molecule has 1 atom stereocenters. The molecule has 2 rings (SSSR count). The summed E-state index contributed by atoms with van der Waals surface area (Å²) >= 11 is 0. The molecule has 0 spiro atoms. The highest BCUT2D eigenvalue weighted by molar-refractivity contribution is 7.89. The lowest BCUT2D eigenvalue weighted by atomic mass is 10.1. The molecule has 2 aromatic rings. The highest BCUT2D eigenvalue weighted by Gasteiger charge is 2.26. The molecule has 1 N–H and O–H groups in total. The minimum atomic E-state index is -4.33. The third kappa shape index (κ3) is 3.86. The van der Waals surface area contributed by atoms with Gasteiger partial charge < -0.3 is 4.74 Å². The average molecular weight is 341 g/mol. The Hall–Kier alpha value is -1.99. The molecule has 0 amide bonds. The molecule has 23 heavy (non-hydrogen) atoms. The average Bonchev–Trinajstić information content (AvgIpc) is 2.52. The van der Waals surface area contributed by atoms with Crippen LogP contribution in [0.3, 0.4) is 0 Å². The van der Waals surface area contributed by atoms with Gasteiger partial charge in [0, 0.05) is 6.04 Å². The van der Waals surface area contributed by atoms with Crippen LogP contribution in [0.2, 0.25) is 0 Å². The second-order valence-corrected chi connectivity index (χ2v) is 6.56. The number of benzene rings is 2. The number of methoxy groups -OCH3 is 1. The van der Waals surface area contributed by atoms with Gasteiger partial charge in [-0.05, 0) is 36.2 Å². The smallest absolute Gasteiger partial charge is 0.246 e. The lowest BCUT2D eigenvalue weighted by Crippen LogP contribution is -2.29. The second kappa shape index (κ2) is 7.06. The highest BCUT2D eigenvalue weighted by Crippen LogP contribution is 2.24. The summed E-state index contributed by atoms with van der Waals surface area (Å²) in [4.78, 5) is -0.966. The maximum Gasteiger partial charge on any atom is 0.246 e. The van der Waals surface area contributed by atoms with Crippen LogP contribution < -0.4 is 9.46 Å². The summed E-state index contributed by atoms with van der Waals surface area (Å²) in [7, 11) is -2.80. The Labute approximate surface area is 134 Å². The first kappa shape index (κ1) is 17.4. The van der Waals surface area contributed by atoms with E-state index in [9.17, 15) is 17.2 Å². The summed E-state index contributed by atoms with van der Waals surface area (Å²) in [6.07, 6.45) is 0.418. The van der Waals surface area contributed by atoms with Gasteiger partial charge in [-0.1, -0.05) is 25.1 Å². The molecule has 0 bridgehead atoms. The fourth-order valence-electron chi connectivity index (χ4n) is 2.21. The van der Waals surface area contributed by atoms with Gasteiger partial charge in [-0.25, -0.2) is 21.9 Å². The Kier molecular flexibility index (Phi) is 5.33. The van der Waals surface area contributed by atoms with Crippen LogP contribution in [0.25, 0.3) is 0 Å². The van der Waals surface area contributed by atoms with Crippen LogP contribution in [0.4, 0.5) is 8.78 Å². The van der Waals surface area contributed by atoms with Gasteiger partial charge >= 0.3 is 0 Å². The number of hydrogen-bond donors (Lipinski definition) is 1. The quantitative estimate of drug-likeness (QED) is 0.876. The van der Waals surface area contributed by atoms with Crippen LogP contribution in [0.1, 0.15) is 24.9 Å². The number of ether oxygens (including phenoxy) is 1. The molecule has 4 nitrogen and oxygen atoms in total. The van der Waals surface area contributed by atoms with E-state index in [1.54, 1.807) is 31.2 Å². The van der Waals surface area contributed by atoms with E-state index in [4.69, 9.17) is 4.74 Å². The van der Waals surface area contributed by atoms with E-state index in [0.717, 1.165) is 18.2 Å². The van der Waals surface area contributed by atoms with Crippen molar-refractivity contribution >= 4 is 10.0 Å². The molecule has 0 aliphatic carbocycles. The van der Waals surface area contributed by atoms with Gasteiger partial charge in [0.2, 0.25) is 10.0 Å². The Balaban J connectivity index is 2.33. The standard InChI is InChI=1S/C16H17F2NO3S/c1-3-15(11-7-9-12(22-2)10-8-11)19-23(20,21)16-13(17)5-4-6-14(16)18/h4-10,15,19H,3H2,1-2H3. The third-order valence-corrected chi connectivity index (χ3v) is 4.93. The number of rotatable bonds is 6. The Morgan fingerprint density at radius 2 is 1.65 bits per heavy atom. The molecule has 0 aromatic heterocycles. The molecule has 0 saturated carbocycles. The normalized spacial score (nSPS) is 12.9. The van der Waals surface area contributed by atoms with Crippen LogP contribution >= 0.6 is 0 Å². The van der Waals surface area contributed by atoms with E-state index in [0.29, 0.717) is 17.7 Å². The summed E-state index contributed by atoms with van der Waals surface area (Å²) < 4.78 is 59.5. The first-order chi connectivity index (χ1) is 10.9. The lowest BCUT2D eigenvalue weighted by Gasteiger charge is -2.18. The van der Waals surface area contributed by atoms with Crippen LogP contribution in [0, 0.1) is 11.6 Å². The first-order valence-corrected chi connectivity index (χ1v) is 8.47. The summed E-state index contributed by atoms with van der Waals surface area (Å²) in [6, 6.07) is 9.11. The van der Waals surface area contributed by atoms with Crippen LogP contribution in [-0.2, 0) is 10.0 Å². The minimum absolute atomic E-state index is 0.418. The molecule has 1 unspecified atom stereocenters. The molecule has 7 heteroatoms. The first-order valence-electron chi connectivity index (χ1n) is 6.99. The molecular weight excluding hydrogens is 324 g/mol. The van der Waals surface area contributed by atoms with Crippen molar-refractivity contribution < 1.29 is 21.9 Å². The lowest BCUT2D eigenvalue weighted by molar-refractivity contribution is 0.414. The third-order valence-electron chi connectivity index (χ3n) is 3.41. The van der Waals surface area contributed by atoms with E-state index in [1.165, 1.54) is 7.11 Å². The van der Waals surface area contributed by atoms with Crippen molar-refractivity contribution in [3.05, 3.63) is 59.7 Å². The molecule has 0 radical (unpaired) electrons. The molecule has 124 valence electrons. The summed E-state index contributed by atoms with van der Waals surface area (Å²) in [5.74, 6) is -1.62. The van der Waals surface area contributed by atoms with Crippen molar-refractivity contribution in [2.75, 3.05) is 7.11 Å². The van der Waals surface area contributed by atoms with Crippen LogP contribution in [0.15, 0.2) is 47.4 Å². The van der Waals surface area contributed by atoms with E-state index in [2.05, 4.69) is 4.72 Å². The van der Waals surface area contributed by atoms with Crippen molar-refractivity contribution in [3.8, 4) is 5.75 Å². The molecule has 0 heterocycles. The van der Waals surface area contributed by atoms with E-state index < -0.39 is 32.6 Å². The van der Waals surface area contributed by atoms with Crippen molar-refractivity contribution in [2.24, 2.45) is 0 Å². The zero-order valence-electron chi connectivity index (χ0n) is 12.7. The molecule has 0 aliphatic rings. The fourth-order valence-corrected chi connectivity index (χ4v) is 3.65. The number of nitrogens with one attached hydrogen (secondary N) is 1. The van der Waals surface area contributed by atoms with E-state index >= 15 is 0 Å². The molecule has 0 aliphatic heterocycles. The van der Waals surface area contributed by atoms with Crippen molar-refractivity contribution in [1.29, 1.82) is 0 Å². The Morgan fingerprint density at radius 3 is 2.13 bits per heavy atom. The SMILES string of the molecule is CCC(NS(=O)(=O)c1c(F)cccc1F)c1ccc(OC)cc1. The molecule has 0 saturated heterocycles. The minimum Gasteiger partial charge on any atom is -0.497 e.